The fourth-order valence-corrected chi connectivity index (χ4v) is 2.69. The molecule has 0 heterocycles. The number of hydrogen-bond acceptors (Lipinski definition) is 5. The summed E-state index contributed by atoms with van der Waals surface area (Å²) < 4.78 is 10.2. The van der Waals surface area contributed by atoms with Gasteiger partial charge in [0.15, 0.2) is 5.78 Å². The van der Waals surface area contributed by atoms with Crippen molar-refractivity contribution < 1.29 is 23.9 Å². The topological polar surface area (TPSA) is 81.7 Å². The summed E-state index contributed by atoms with van der Waals surface area (Å²) in [5.41, 5.74) is -1.34. The molecule has 6 nitrogen and oxygen atoms in total. The molecule has 0 bridgehead atoms. The number of hydrogen-bond donors (Lipinski definition) is 1. The summed E-state index contributed by atoms with van der Waals surface area (Å²) in [6.45, 7) is 3.39. The first-order valence-electron chi connectivity index (χ1n) is 7.90. The van der Waals surface area contributed by atoms with Crippen molar-refractivity contribution in [2.24, 2.45) is 5.41 Å². The standard InChI is InChI=1S/C18H21NO5/c1-2-12-23-16(21)18(11-7-6-10-15(18)20)13-19-17(22)24-14-8-4-3-5-9-14/h2-5,8-9H,1,6-7,10-13H2,(H,19,22). The molecular weight excluding hydrogens is 310 g/mol. The van der Waals surface area contributed by atoms with Crippen LogP contribution in [0.4, 0.5) is 4.79 Å². The van der Waals surface area contributed by atoms with Crippen LogP contribution in [0.2, 0.25) is 0 Å². The average Bonchev–Trinajstić information content (AvgIpc) is 2.60. The molecule has 1 aliphatic rings. The van der Waals surface area contributed by atoms with Gasteiger partial charge in [0.2, 0.25) is 0 Å². The van der Waals surface area contributed by atoms with Gasteiger partial charge in [-0.25, -0.2) is 4.79 Å². The minimum absolute atomic E-state index is 0.0301. The van der Waals surface area contributed by atoms with Crippen molar-refractivity contribution in [1.29, 1.82) is 0 Å². The number of amides is 1. The largest absolute Gasteiger partial charge is 0.461 e. The van der Waals surface area contributed by atoms with Crippen LogP contribution in [0.25, 0.3) is 0 Å². The Labute approximate surface area is 140 Å². The third kappa shape index (κ3) is 4.22. The minimum Gasteiger partial charge on any atom is -0.461 e. The van der Waals surface area contributed by atoms with E-state index in [1.165, 1.54) is 6.08 Å². The highest BCUT2D eigenvalue weighted by atomic mass is 16.6. The van der Waals surface area contributed by atoms with Gasteiger partial charge in [-0.05, 0) is 25.0 Å². The normalized spacial score (nSPS) is 20.1. The van der Waals surface area contributed by atoms with Crippen molar-refractivity contribution in [2.45, 2.75) is 25.7 Å². The SMILES string of the molecule is C=CCOC(=O)C1(CNC(=O)Oc2ccccc2)CCCCC1=O. The van der Waals surface area contributed by atoms with Crippen molar-refractivity contribution in [3.63, 3.8) is 0 Å². The number of ketones is 1. The van der Waals surface area contributed by atoms with E-state index in [4.69, 9.17) is 9.47 Å². The molecule has 1 fully saturated rings. The fraction of sp³-hybridized carbons (Fsp3) is 0.389. The second kappa shape index (κ2) is 8.29. The number of ether oxygens (including phenoxy) is 2. The zero-order valence-corrected chi connectivity index (χ0v) is 13.5. The molecule has 24 heavy (non-hydrogen) atoms. The third-order valence-corrected chi connectivity index (χ3v) is 4.00. The van der Waals surface area contributed by atoms with E-state index in [0.717, 1.165) is 12.8 Å². The molecule has 1 N–H and O–H groups in total. The maximum atomic E-state index is 12.4. The third-order valence-electron chi connectivity index (χ3n) is 4.00. The lowest BCUT2D eigenvalue weighted by Crippen LogP contribution is -2.51. The Kier molecular flexibility index (Phi) is 6.12. The minimum atomic E-state index is -1.34. The van der Waals surface area contributed by atoms with Crippen molar-refractivity contribution in [3.05, 3.63) is 43.0 Å². The molecule has 128 valence electrons. The molecule has 1 aliphatic carbocycles. The second-order valence-corrected chi connectivity index (χ2v) is 5.66. The maximum absolute atomic E-state index is 12.4. The van der Waals surface area contributed by atoms with Crippen molar-refractivity contribution in [2.75, 3.05) is 13.2 Å². The summed E-state index contributed by atoms with van der Waals surface area (Å²) in [7, 11) is 0. The number of nitrogens with one attached hydrogen (secondary N) is 1. The van der Waals surface area contributed by atoms with Gasteiger partial charge in [-0.2, -0.15) is 0 Å². The van der Waals surface area contributed by atoms with Crippen LogP contribution in [0.15, 0.2) is 43.0 Å². The highest BCUT2D eigenvalue weighted by molar-refractivity contribution is 6.04. The van der Waals surface area contributed by atoms with Crippen LogP contribution < -0.4 is 10.1 Å². The number of para-hydroxylation sites is 1. The van der Waals surface area contributed by atoms with Crippen LogP contribution in [0.3, 0.4) is 0 Å². The molecule has 0 radical (unpaired) electrons. The smallest absolute Gasteiger partial charge is 0.412 e. The van der Waals surface area contributed by atoms with Crippen LogP contribution in [0.5, 0.6) is 5.75 Å². The van der Waals surface area contributed by atoms with Crippen LogP contribution >= 0.6 is 0 Å². The molecule has 1 aromatic rings. The Hall–Kier alpha value is -2.63. The van der Waals surface area contributed by atoms with Crippen LogP contribution in [-0.4, -0.2) is 31.0 Å². The van der Waals surface area contributed by atoms with Gasteiger partial charge in [-0.15, -0.1) is 0 Å². The van der Waals surface area contributed by atoms with Crippen molar-refractivity contribution in [3.8, 4) is 5.75 Å². The number of carbonyl (C=O) groups excluding carboxylic acids is 3. The number of rotatable bonds is 6. The summed E-state index contributed by atoms with van der Waals surface area (Å²) in [4.78, 5) is 36.7. The summed E-state index contributed by atoms with van der Waals surface area (Å²) in [6.07, 6.45) is 2.85. The van der Waals surface area contributed by atoms with E-state index in [2.05, 4.69) is 11.9 Å². The number of benzene rings is 1. The molecule has 1 aromatic carbocycles. The molecular formula is C18H21NO5. The molecule has 1 amide bonds. The van der Waals surface area contributed by atoms with Gasteiger partial charge >= 0.3 is 12.1 Å². The first-order chi connectivity index (χ1) is 11.6. The van der Waals surface area contributed by atoms with Gasteiger partial charge in [-0.1, -0.05) is 37.3 Å². The van der Waals surface area contributed by atoms with E-state index < -0.39 is 17.5 Å². The van der Waals surface area contributed by atoms with Crippen LogP contribution in [-0.2, 0) is 14.3 Å². The highest BCUT2D eigenvalue weighted by Crippen LogP contribution is 2.34. The van der Waals surface area contributed by atoms with Gasteiger partial charge in [0, 0.05) is 13.0 Å². The van der Waals surface area contributed by atoms with Crippen LogP contribution in [0, 0.1) is 5.41 Å². The predicted molar refractivity (Wildman–Crippen MR) is 87.5 cm³/mol. The van der Waals surface area contributed by atoms with E-state index in [0.29, 0.717) is 18.6 Å². The summed E-state index contributed by atoms with van der Waals surface area (Å²) in [5.74, 6) is -0.441. The molecule has 0 saturated heterocycles. The second-order valence-electron chi connectivity index (χ2n) is 5.66. The van der Waals surface area contributed by atoms with Gasteiger partial charge < -0.3 is 14.8 Å². The van der Waals surface area contributed by atoms with E-state index in [1.54, 1.807) is 30.3 Å². The molecule has 0 spiro atoms. The quantitative estimate of drug-likeness (QED) is 0.492. The predicted octanol–water partition coefficient (Wildman–Crippen LogP) is 2.63. The van der Waals surface area contributed by atoms with Gasteiger partial charge in [0.1, 0.15) is 17.8 Å². The average molecular weight is 331 g/mol. The Morgan fingerprint density at radius 3 is 2.67 bits per heavy atom. The maximum Gasteiger partial charge on any atom is 0.412 e. The zero-order valence-electron chi connectivity index (χ0n) is 13.5. The Morgan fingerprint density at radius 1 is 1.25 bits per heavy atom. The number of carbonyl (C=O) groups is 3. The summed E-state index contributed by atoms with van der Waals surface area (Å²) in [6, 6.07) is 8.55. The monoisotopic (exact) mass is 331 g/mol. The molecule has 1 unspecified atom stereocenters. The first kappa shape index (κ1) is 17.7. The molecule has 6 heteroatoms. The Morgan fingerprint density at radius 2 is 2.00 bits per heavy atom. The van der Waals surface area contributed by atoms with Gasteiger partial charge in [0.25, 0.3) is 0 Å². The van der Waals surface area contributed by atoms with E-state index in [9.17, 15) is 14.4 Å². The van der Waals surface area contributed by atoms with Gasteiger partial charge in [-0.3, -0.25) is 9.59 Å². The Balaban J connectivity index is 2.02. The molecule has 0 aliphatic heterocycles. The van der Waals surface area contributed by atoms with Crippen molar-refractivity contribution >= 4 is 17.8 Å². The summed E-state index contributed by atoms with van der Waals surface area (Å²) >= 11 is 0. The zero-order chi connectivity index (χ0) is 17.4. The Bertz CT molecular complexity index is 613. The first-order valence-corrected chi connectivity index (χ1v) is 7.90. The highest BCUT2D eigenvalue weighted by Gasteiger charge is 2.48. The van der Waals surface area contributed by atoms with E-state index in [1.807, 2.05) is 0 Å². The molecule has 0 aromatic heterocycles. The van der Waals surface area contributed by atoms with Crippen LogP contribution in [0.1, 0.15) is 25.7 Å². The fourth-order valence-electron chi connectivity index (χ4n) is 2.69. The van der Waals surface area contributed by atoms with E-state index in [-0.39, 0.29) is 18.9 Å². The molecule has 2 rings (SSSR count). The molecule has 1 atom stereocenters. The lowest BCUT2D eigenvalue weighted by molar-refractivity contribution is -0.161. The molecule has 1 saturated carbocycles. The summed E-state index contributed by atoms with van der Waals surface area (Å²) in [5, 5.41) is 2.52. The van der Waals surface area contributed by atoms with Gasteiger partial charge in [0.05, 0.1) is 0 Å². The number of Topliss-reactive ketones (excluding diaryl/α,β-unsaturated/α-hetero) is 1. The lowest BCUT2D eigenvalue weighted by Gasteiger charge is -2.33. The van der Waals surface area contributed by atoms with Crippen molar-refractivity contribution in [1.82, 2.24) is 5.32 Å². The number of esters is 1. The lowest BCUT2D eigenvalue weighted by atomic mass is 9.73. The van der Waals surface area contributed by atoms with E-state index >= 15 is 0 Å².